The fourth-order valence-corrected chi connectivity index (χ4v) is 3.41. The highest BCUT2D eigenvalue weighted by Crippen LogP contribution is 2.19. The van der Waals surface area contributed by atoms with Crippen molar-refractivity contribution in [3.8, 4) is 0 Å². The van der Waals surface area contributed by atoms with Crippen molar-refractivity contribution in [1.29, 1.82) is 0 Å². The number of Topliss-reactive ketones (excluding diaryl/α,β-unsaturated/α-hetero) is 1. The van der Waals surface area contributed by atoms with Gasteiger partial charge in [0.25, 0.3) is 0 Å². The third-order valence-electron chi connectivity index (χ3n) is 5.38. The maximum absolute atomic E-state index is 11.8. The van der Waals surface area contributed by atoms with E-state index in [-0.39, 0.29) is 5.41 Å². The number of carbonyl (C=O) groups is 2. The molecule has 0 saturated heterocycles. The smallest absolute Gasteiger partial charge is 0.303 e. The average molecular weight is 383 g/mol. The van der Waals surface area contributed by atoms with Gasteiger partial charge < -0.3 is 5.11 Å². The Bertz CT molecular complexity index is 368. The molecule has 160 valence electrons. The van der Waals surface area contributed by atoms with E-state index in [4.69, 9.17) is 5.11 Å². The van der Waals surface area contributed by atoms with Crippen molar-refractivity contribution in [2.45, 2.75) is 136 Å². The number of ketones is 1. The van der Waals surface area contributed by atoms with E-state index < -0.39 is 5.97 Å². The third-order valence-corrected chi connectivity index (χ3v) is 5.38. The van der Waals surface area contributed by atoms with Crippen molar-refractivity contribution in [3.05, 3.63) is 0 Å². The normalized spacial score (nSPS) is 11.7. The summed E-state index contributed by atoms with van der Waals surface area (Å²) in [6.07, 6.45) is 21.2. The van der Waals surface area contributed by atoms with Crippen LogP contribution in [0, 0.1) is 5.41 Å². The van der Waals surface area contributed by atoms with Gasteiger partial charge in [0.2, 0.25) is 0 Å². The van der Waals surface area contributed by atoms with Gasteiger partial charge in [-0.05, 0) is 12.8 Å². The number of unbranched alkanes of at least 4 members (excludes halogenated alkanes) is 15. The maximum atomic E-state index is 11.8. The van der Waals surface area contributed by atoms with E-state index >= 15 is 0 Å². The van der Waals surface area contributed by atoms with Crippen molar-refractivity contribution in [3.63, 3.8) is 0 Å². The summed E-state index contributed by atoms with van der Waals surface area (Å²) in [5.74, 6) is -0.261. The molecule has 0 atom stereocenters. The molecule has 27 heavy (non-hydrogen) atoms. The molecule has 0 rings (SSSR count). The summed E-state index contributed by atoms with van der Waals surface area (Å²) in [6.45, 7) is 6.04. The number of carboxylic acids is 1. The number of aliphatic carboxylic acids is 1. The van der Waals surface area contributed by atoms with Crippen molar-refractivity contribution in [2.24, 2.45) is 5.41 Å². The standard InChI is InChI=1S/C24H46O3/c1-24(2,3)22(25)20-18-16-14-12-10-8-6-4-5-7-9-11-13-15-17-19-21-23(26)27/h4-21H2,1-3H3,(H,26,27). The van der Waals surface area contributed by atoms with Crippen molar-refractivity contribution >= 4 is 11.8 Å². The molecule has 0 heterocycles. The van der Waals surface area contributed by atoms with Crippen LogP contribution < -0.4 is 0 Å². The quantitative estimate of drug-likeness (QED) is 0.233. The minimum atomic E-state index is -0.664. The molecule has 3 nitrogen and oxygen atoms in total. The van der Waals surface area contributed by atoms with E-state index in [1.807, 2.05) is 20.8 Å². The van der Waals surface area contributed by atoms with Crippen LogP contribution >= 0.6 is 0 Å². The van der Waals surface area contributed by atoms with Crippen LogP contribution in [-0.4, -0.2) is 16.9 Å². The van der Waals surface area contributed by atoms with Gasteiger partial charge in [0.1, 0.15) is 5.78 Å². The summed E-state index contributed by atoms with van der Waals surface area (Å²) in [7, 11) is 0. The molecule has 0 aromatic carbocycles. The molecule has 0 saturated carbocycles. The van der Waals surface area contributed by atoms with Crippen LogP contribution in [-0.2, 0) is 9.59 Å². The Labute approximate surface area is 168 Å². The summed E-state index contributed by atoms with van der Waals surface area (Å²) in [6, 6.07) is 0. The van der Waals surface area contributed by atoms with Gasteiger partial charge in [-0.2, -0.15) is 0 Å². The first-order valence-corrected chi connectivity index (χ1v) is 11.6. The Morgan fingerprint density at radius 2 is 0.778 bits per heavy atom. The van der Waals surface area contributed by atoms with Gasteiger partial charge in [0, 0.05) is 18.3 Å². The van der Waals surface area contributed by atoms with Gasteiger partial charge in [0.15, 0.2) is 0 Å². The molecule has 0 bridgehead atoms. The van der Waals surface area contributed by atoms with Crippen molar-refractivity contribution < 1.29 is 14.7 Å². The highest BCUT2D eigenvalue weighted by molar-refractivity contribution is 5.83. The summed E-state index contributed by atoms with van der Waals surface area (Å²) in [5, 5.41) is 8.57. The molecule has 1 N–H and O–H groups in total. The predicted molar refractivity (Wildman–Crippen MR) is 115 cm³/mol. The van der Waals surface area contributed by atoms with Crippen LogP contribution in [0.15, 0.2) is 0 Å². The molecule has 3 heteroatoms. The van der Waals surface area contributed by atoms with E-state index in [2.05, 4.69) is 0 Å². The zero-order valence-electron chi connectivity index (χ0n) is 18.5. The fraction of sp³-hybridized carbons (Fsp3) is 0.917. The molecule has 0 aliphatic heterocycles. The van der Waals surface area contributed by atoms with Gasteiger partial charge in [-0.15, -0.1) is 0 Å². The van der Waals surface area contributed by atoms with Crippen LogP contribution in [0.25, 0.3) is 0 Å². The van der Waals surface area contributed by atoms with Crippen LogP contribution in [0.4, 0.5) is 0 Å². The van der Waals surface area contributed by atoms with Gasteiger partial charge in [-0.25, -0.2) is 0 Å². The Balaban J connectivity index is 3.13. The monoisotopic (exact) mass is 382 g/mol. The lowest BCUT2D eigenvalue weighted by atomic mass is 9.88. The molecule has 0 amide bonds. The Morgan fingerprint density at radius 1 is 0.519 bits per heavy atom. The molecule has 0 fully saturated rings. The maximum Gasteiger partial charge on any atom is 0.303 e. The molecule has 0 aliphatic rings. The van der Waals surface area contributed by atoms with Crippen LogP contribution in [0.1, 0.15) is 136 Å². The number of carboxylic acid groups (broad SMARTS) is 1. The lowest BCUT2D eigenvalue weighted by Gasteiger charge is -2.16. The largest absolute Gasteiger partial charge is 0.481 e. The van der Waals surface area contributed by atoms with E-state index in [0.29, 0.717) is 12.2 Å². The van der Waals surface area contributed by atoms with Crippen LogP contribution in [0.5, 0.6) is 0 Å². The summed E-state index contributed by atoms with van der Waals surface area (Å²) in [5.41, 5.74) is -0.165. The zero-order valence-corrected chi connectivity index (χ0v) is 18.5. The second-order valence-corrected chi connectivity index (χ2v) is 9.22. The molecule has 0 spiro atoms. The third kappa shape index (κ3) is 19.7. The topological polar surface area (TPSA) is 54.4 Å². The summed E-state index contributed by atoms with van der Waals surface area (Å²) < 4.78 is 0. The average Bonchev–Trinajstić information content (AvgIpc) is 2.59. The molecule has 0 aliphatic carbocycles. The van der Waals surface area contributed by atoms with Crippen molar-refractivity contribution in [2.75, 3.05) is 0 Å². The number of hydrogen-bond donors (Lipinski definition) is 1. The summed E-state index contributed by atoms with van der Waals surface area (Å²) in [4.78, 5) is 22.2. The highest BCUT2D eigenvalue weighted by Gasteiger charge is 2.19. The first-order valence-electron chi connectivity index (χ1n) is 11.6. The van der Waals surface area contributed by atoms with Gasteiger partial charge in [-0.3, -0.25) is 9.59 Å². The zero-order chi connectivity index (χ0) is 20.4. The van der Waals surface area contributed by atoms with Crippen LogP contribution in [0.3, 0.4) is 0 Å². The number of carbonyl (C=O) groups excluding carboxylic acids is 1. The molecular weight excluding hydrogens is 336 g/mol. The van der Waals surface area contributed by atoms with Crippen LogP contribution in [0.2, 0.25) is 0 Å². The second-order valence-electron chi connectivity index (χ2n) is 9.22. The lowest BCUT2D eigenvalue weighted by molar-refractivity contribution is -0.137. The van der Waals surface area contributed by atoms with Crippen molar-refractivity contribution in [1.82, 2.24) is 0 Å². The Morgan fingerprint density at radius 3 is 1.04 bits per heavy atom. The highest BCUT2D eigenvalue weighted by atomic mass is 16.4. The second kappa shape index (κ2) is 17.3. The van der Waals surface area contributed by atoms with Gasteiger partial charge in [-0.1, -0.05) is 111 Å². The minimum absolute atomic E-state index is 0.165. The number of hydrogen-bond acceptors (Lipinski definition) is 2. The lowest BCUT2D eigenvalue weighted by Crippen LogP contribution is -2.19. The first-order chi connectivity index (χ1) is 12.8. The first kappa shape index (κ1) is 26.1. The molecule has 0 unspecified atom stereocenters. The molecular formula is C24H46O3. The summed E-state index contributed by atoms with van der Waals surface area (Å²) >= 11 is 0. The van der Waals surface area contributed by atoms with E-state index in [9.17, 15) is 9.59 Å². The van der Waals surface area contributed by atoms with E-state index in [0.717, 1.165) is 25.7 Å². The molecule has 0 aromatic rings. The molecule has 0 aromatic heterocycles. The Kier molecular flexibility index (Phi) is 16.7. The SMILES string of the molecule is CC(C)(C)C(=O)CCCCCCCCCCCCCCCCCCC(=O)O. The number of rotatable bonds is 19. The minimum Gasteiger partial charge on any atom is -0.481 e. The van der Waals surface area contributed by atoms with E-state index in [1.165, 1.54) is 83.5 Å². The van der Waals surface area contributed by atoms with E-state index in [1.54, 1.807) is 0 Å². The van der Waals surface area contributed by atoms with Gasteiger partial charge in [0.05, 0.1) is 0 Å². The predicted octanol–water partition coefficient (Wildman–Crippen LogP) is 7.71. The van der Waals surface area contributed by atoms with Gasteiger partial charge >= 0.3 is 5.97 Å². The fourth-order valence-electron chi connectivity index (χ4n) is 3.41. The molecule has 0 radical (unpaired) electrons. The Hall–Kier alpha value is -0.860.